The third kappa shape index (κ3) is 7.02. The average molecular weight is 335 g/mol. The zero-order valence-corrected chi connectivity index (χ0v) is 15.8. The van der Waals surface area contributed by atoms with E-state index in [1.165, 1.54) is 16.7 Å². The van der Waals surface area contributed by atoms with E-state index in [0.29, 0.717) is 19.0 Å². The van der Waals surface area contributed by atoms with Crippen LogP contribution in [0.3, 0.4) is 0 Å². The Balaban J connectivity index is 2.68. The van der Waals surface area contributed by atoms with Gasteiger partial charge in [-0.25, -0.2) is 0 Å². The molecule has 136 valence electrons. The highest BCUT2D eigenvalue weighted by Gasteiger charge is 2.19. The Bertz CT molecular complexity index is 516. The van der Waals surface area contributed by atoms with E-state index in [1.54, 1.807) is 0 Å². The highest BCUT2D eigenvalue weighted by atomic mass is 16.5. The molecule has 0 radical (unpaired) electrons. The van der Waals surface area contributed by atoms with Crippen molar-refractivity contribution in [2.45, 2.75) is 72.6 Å². The van der Waals surface area contributed by atoms with Crippen molar-refractivity contribution in [3.63, 3.8) is 0 Å². The second-order valence-corrected chi connectivity index (χ2v) is 6.70. The highest BCUT2D eigenvalue weighted by molar-refractivity contribution is 5.69. The van der Waals surface area contributed by atoms with Crippen LogP contribution in [-0.2, 0) is 16.1 Å². The molecule has 0 amide bonds. The molecule has 0 fully saturated rings. The lowest BCUT2D eigenvalue weighted by atomic mass is 10.0. The summed E-state index contributed by atoms with van der Waals surface area (Å²) in [6.07, 6.45) is 1.52. The normalized spacial score (nSPS) is 13.8. The molecule has 0 saturated heterocycles. The standard InChI is InChI=1S/C20H33NO3/c1-6-8-20(23)24-14-19(22)13-21(17(5)7-2)12-18-11-15(3)9-10-16(18)4/h9-11,17,19,22H,6-8,12-14H2,1-5H3/t17-,19-/m0/s1. The summed E-state index contributed by atoms with van der Waals surface area (Å²) in [5.41, 5.74) is 3.79. The fraction of sp³-hybridized carbons (Fsp3) is 0.650. The van der Waals surface area contributed by atoms with Crippen molar-refractivity contribution in [3.05, 3.63) is 34.9 Å². The molecule has 0 aliphatic rings. The number of hydrogen-bond donors (Lipinski definition) is 1. The van der Waals surface area contributed by atoms with Gasteiger partial charge in [0.15, 0.2) is 0 Å². The molecular formula is C20H33NO3. The summed E-state index contributed by atoms with van der Waals surface area (Å²) in [4.78, 5) is 13.7. The quantitative estimate of drug-likeness (QED) is 0.664. The van der Waals surface area contributed by atoms with E-state index in [1.807, 2.05) is 6.92 Å². The van der Waals surface area contributed by atoms with E-state index >= 15 is 0 Å². The maximum Gasteiger partial charge on any atom is 0.305 e. The largest absolute Gasteiger partial charge is 0.463 e. The number of ether oxygens (including phenoxy) is 1. The average Bonchev–Trinajstić information content (AvgIpc) is 2.55. The van der Waals surface area contributed by atoms with Gasteiger partial charge in [0.2, 0.25) is 0 Å². The summed E-state index contributed by atoms with van der Waals surface area (Å²) in [5.74, 6) is -0.235. The van der Waals surface area contributed by atoms with E-state index in [0.717, 1.165) is 19.4 Å². The molecule has 4 heteroatoms. The molecule has 1 aromatic rings. The zero-order valence-electron chi connectivity index (χ0n) is 15.8. The fourth-order valence-corrected chi connectivity index (χ4v) is 2.64. The van der Waals surface area contributed by atoms with Gasteiger partial charge in [-0.2, -0.15) is 0 Å². The van der Waals surface area contributed by atoms with Crippen molar-refractivity contribution in [2.24, 2.45) is 0 Å². The minimum absolute atomic E-state index is 0.0680. The number of benzene rings is 1. The van der Waals surface area contributed by atoms with Crippen LogP contribution in [0.2, 0.25) is 0 Å². The van der Waals surface area contributed by atoms with Crippen molar-refractivity contribution < 1.29 is 14.6 Å². The summed E-state index contributed by atoms with van der Waals surface area (Å²) in [6, 6.07) is 6.82. The number of nitrogens with zero attached hydrogens (tertiary/aromatic N) is 1. The Morgan fingerprint density at radius 2 is 2.00 bits per heavy atom. The summed E-state index contributed by atoms with van der Waals surface area (Å²) >= 11 is 0. The van der Waals surface area contributed by atoms with Gasteiger partial charge in [0.1, 0.15) is 12.7 Å². The molecule has 0 bridgehead atoms. The Hall–Kier alpha value is -1.39. The molecule has 0 aromatic heterocycles. The molecule has 0 unspecified atom stereocenters. The first-order valence-electron chi connectivity index (χ1n) is 9.01. The van der Waals surface area contributed by atoms with Crippen molar-refractivity contribution in [1.82, 2.24) is 4.90 Å². The highest BCUT2D eigenvalue weighted by Crippen LogP contribution is 2.16. The summed E-state index contributed by atoms with van der Waals surface area (Å²) in [5, 5.41) is 10.3. The zero-order chi connectivity index (χ0) is 18.1. The monoisotopic (exact) mass is 335 g/mol. The molecular weight excluding hydrogens is 302 g/mol. The smallest absolute Gasteiger partial charge is 0.305 e. The molecule has 1 rings (SSSR count). The predicted molar refractivity (Wildman–Crippen MR) is 98.0 cm³/mol. The molecule has 0 saturated carbocycles. The number of aryl methyl sites for hydroxylation is 2. The molecule has 0 aliphatic heterocycles. The summed E-state index contributed by atoms with van der Waals surface area (Å²) in [6.45, 7) is 11.8. The lowest BCUT2D eigenvalue weighted by molar-refractivity contribution is -0.147. The number of hydrogen-bond acceptors (Lipinski definition) is 4. The predicted octanol–water partition coefficient (Wildman–Crippen LogP) is 3.61. The van der Waals surface area contributed by atoms with Crippen molar-refractivity contribution in [1.29, 1.82) is 0 Å². The first-order valence-corrected chi connectivity index (χ1v) is 9.01. The second-order valence-electron chi connectivity index (χ2n) is 6.70. The van der Waals surface area contributed by atoms with Crippen LogP contribution < -0.4 is 0 Å². The third-order valence-corrected chi connectivity index (χ3v) is 4.43. The maximum absolute atomic E-state index is 11.4. The van der Waals surface area contributed by atoms with Gasteiger partial charge < -0.3 is 9.84 Å². The van der Waals surface area contributed by atoms with Gasteiger partial charge in [-0.15, -0.1) is 0 Å². The van der Waals surface area contributed by atoms with Gasteiger partial charge in [-0.1, -0.05) is 37.6 Å². The molecule has 24 heavy (non-hydrogen) atoms. The first kappa shape index (κ1) is 20.7. The third-order valence-electron chi connectivity index (χ3n) is 4.43. The fourth-order valence-electron chi connectivity index (χ4n) is 2.64. The van der Waals surface area contributed by atoms with Crippen molar-refractivity contribution >= 4 is 5.97 Å². The molecule has 4 nitrogen and oxygen atoms in total. The topological polar surface area (TPSA) is 49.8 Å². The maximum atomic E-state index is 11.4. The van der Waals surface area contributed by atoms with Crippen molar-refractivity contribution in [2.75, 3.05) is 13.2 Å². The minimum atomic E-state index is -0.662. The summed E-state index contributed by atoms with van der Waals surface area (Å²) < 4.78 is 5.14. The van der Waals surface area contributed by atoms with Gasteiger partial charge in [0.25, 0.3) is 0 Å². The molecule has 0 aliphatic carbocycles. The van der Waals surface area contributed by atoms with Crippen LogP contribution in [0.1, 0.15) is 56.7 Å². The number of carbonyl (C=O) groups excluding carboxylic acids is 1. The van der Waals surface area contributed by atoms with E-state index in [9.17, 15) is 9.90 Å². The Morgan fingerprint density at radius 1 is 1.29 bits per heavy atom. The molecule has 1 N–H and O–H groups in total. The molecule has 2 atom stereocenters. The van der Waals surface area contributed by atoms with E-state index < -0.39 is 6.10 Å². The van der Waals surface area contributed by atoms with Crippen LogP contribution >= 0.6 is 0 Å². The lowest BCUT2D eigenvalue weighted by Gasteiger charge is -2.31. The van der Waals surface area contributed by atoms with Gasteiger partial charge in [-0.3, -0.25) is 9.69 Å². The summed E-state index contributed by atoms with van der Waals surface area (Å²) in [7, 11) is 0. The van der Waals surface area contributed by atoms with Crippen LogP contribution in [0.5, 0.6) is 0 Å². The Kier molecular flexibility index (Phi) is 9.01. The number of aliphatic hydroxyl groups is 1. The van der Waals surface area contributed by atoms with Crippen molar-refractivity contribution in [3.8, 4) is 0 Å². The molecule has 1 aromatic carbocycles. The van der Waals surface area contributed by atoms with Crippen LogP contribution in [0.4, 0.5) is 0 Å². The SMILES string of the molecule is CCCC(=O)OC[C@@H](O)CN(Cc1cc(C)ccc1C)[C@@H](C)CC. The molecule has 0 spiro atoms. The minimum Gasteiger partial charge on any atom is -0.463 e. The molecule has 0 heterocycles. The van der Waals surface area contributed by atoms with Gasteiger partial charge >= 0.3 is 5.97 Å². The lowest BCUT2D eigenvalue weighted by Crippen LogP contribution is -2.40. The Morgan fingerprint density at radius 3 is 2.62 bits per heavy atom. The van der Waals surface area contributed by atoms with Gasteiger partial charge in [0, 0.05) is 25.6 Å². The first-order chi connectivity index (χ1) is 11.4. The van der Waals surface area contributed by atoms with Crippen LogP contribution in [0.15, 0.2) is 18.2 Å². The van der Waals surface area contributed by atoms with E-state index in [2.05, 4.69) is 50.8 Å². The number of rotatable bonds is 10. The number of carbonyl (C=O) groups is 1. The van der Waals surface area contributed by atoms with Crippen LogP contribution in [0, 0.1) is 13.8 Å². The van der Waals surface area contributed by atoms with Gasteiger partial charge in [0.05, 0.1) is 0 Å². The van der Waals surface area contributed by atoms with E-state index in [-0.39, 0.29) is 12.6 Å². The Labute approximate surface area is 146 Å². The van der Waals surface area contributed by atoms with Crippen LogP contribution in [0.25, 0.3) is 0 Å². The number of esters is 1. The van der Waals surface area contributed by atoms with Gasteiger partial charge in [-0.05, 0) is 44.7 Å². The number of aliphatic hydroxyl groups excluding tert-OH is 1. The second kappa shape index (κ2) is 10.5. The van der Waals surface area contributed by atoms with Crippen LogP contribution in [-0.4, -0.2) is 41.3 Å². The van der Waals surface area contributed by atoms with E-state index in [4.69, 9.17) is 4.74 Å².